The van der Waals surface area contributed by atoms with Crippen LogP contribution in [0.1, 0.15) is 21.5 Å². The van der Waals surface area contributed by atoms with E-state index in [2.05, 4.69) is 6.07 Å². The van der Waals surface area contributed by atoms with Crippen LogP contribution in [-0.2, 0) is 0 Å². The first-order valence-electron chi connectivity index (χ1n) is 9.25. The van der Waals surface area contributed by atoms with Crippen molar-refractivity contribution in [2.24, 2.45) is 0 Å². The maximum absolute atomic E-state index is 12.6. The predicted molar refractivity (Wildman–Crippen MR) is 115 cm³/mol. The van der Waals surface area contributed by atoms with Crippen LogP contribution in [0.2, 0.25) is 5.02 Å². The third kappa shape index (κ3) is 4.47. The quantitative estimate of drug-likeness (QED) is 0.233. The number of esters is 1. The zero-order valence-electron chi connectivity index (χ0n) is 16.4. The van der Waals surface area contributed by atoms with Gasteiger partial charge in [-0.25, -0.2) is 4.79 Å². The molecule has 1 aliphatic rings. The Labute approximate surface area is 183 Å². The number of methoxy groups -OCH3 is 1. The third-order valence-electron chi connectivity index (χ3n) is 4.57. The van der Waals surface area contributed by atoms with Gasteiger partial charge < -0.3 is 18.9 Å². The maximum atomic E-state index is 12.6. The van der Waals surface area contributed by atoms with E-state index < -0.39 is 5.97 Å². The first-order chi connectivity index (χ1) is 15.1. The number of allylic oxidation sites excluding steroid dienone is 1. The van der Waals surface area contributed by atoms with Gasteiger partial charge in [0.1, 0.15) is 0 Å². The van der Waals surface area contributed by atoms with Crippen LogP contribution in [0.4, 0.5) is 0 Å². The maximum Gasteiger partial charge on any atom is 0.343 e. The Balaban J connectivity index is 1.58. The average molecular weight is 434 g/mol. The SMILES string of the molecule is COc1cc(/C=C(/C#N)c2cccc(Cl)c2)ccc1OC(=O)c1ccc2c(c1)OCO2. The van der Waals surface area contributed by atoms with E-state index in [9.17, 15) is 10.1 Å². The molecule has 31 heavy (non-hydrogen) atoms. The van der Waals surface area contributed by atoms with Gasteiger partial charge in [0.05, 0.1) is 24.3 Å². The van der Waals surface area contributed by atoms with Crippen LogP contribution >= 0.6 is 11.6 Å². The Hall–Kier alpha value is -3.95. The number of hydrogen-bond donors (Lipinski definition) is 0. The molecule has 0 amide bonds. The van der Waals surface area contributed by atoms with Crippen molar-refractivity contribution in [3.63, 3.8) is 0 Å². The van der Waals surface area contributed by atoms with E-state index in [-0.39, 0.29) is 12.5 Å². The molecular weight excluding hydrogens is 418 g/mol. The molecule has 3 aromatic rings. The molecule has 4 rings (SSSR count). The number of ether oxygens (including phenoxy) is 4. The zero-order valence-corrected chi connectivity index (χ0v) is 17.2. The number of carbonyl (C=O) groups excluding carboxylic acids is 1. The van der Waals surface area contributed by atoms with Gasteiger partial charge in [-0.1, -0.05) is 29.8 Å². The number of nitriles is 1. The first kappa shape index (κ1) is 20.3. The van der Waals surface area contributed by atoms with Gasteiger partial charge in [-0.3, -0.25) is 0 Å². The van der Waals surface area contributed by atoms with Gasteiger partial charge in [0.15, 0.2) is 23.0 Å². The summed E-state index contributed by atoms with van der Waals surface area (Å²) >= 11 is 6.03. The molecule has 0 fully saturated rings. The molecular formula is C24H16ClNO5. The molecule has 0 unspecified atom stereocenters. The zero-order chi connectivity index (χ0) is 21.8. The molecule has 0 spiro atoms. The van der Waals surface area contributed by atoms with Gasteiger partial charge in [-0.15, -0.1) is 0 Å². The molecule has 1 heterocycles. The first-order valence-corrected chi connectivity index (χ1v) is 9.63. The van der Waals surface area contributed by atoms with Crippen molar-refractivity contribution in [3.8, 4) is 29.1 Å². The summed E-state index contributed by atoms with van der Waals surface area (Å²) in [5, 5.41) is 10.1. The summed E-state index contributed by atoms with van der Waals surface area (Å²) < 4.78 is 21.4. The number of rotatable bonds is 5. The fourth-order valence-electron chi connectivity index (χ4n) is 3.04. The Bertz CT molecular complexity index is 1230. The highest BCUT2D eigenvalue weighted by molar-refractivity contribution is 6.30. The average Bonchev–Trinajstić information content (AvgIpc) is 3.26. The van der Waals surface area contributed by atoms with Crippen molar-refractivity contribution >= 4 is 29.2 Å². The number of nitrogens with zero attached hydrogens (tertiary/aromatic N) is 1. The van der Waals surface area contributed by atoms with Crippen molar-refractivity contribution in [2.75, 3.05) is 13.9 Å². The predicted octanol–water partition coefficient (Wildman–Crippen LogP) is 5.36. The minimum Gasteiger partial charge on any atom is -0.493 e. The molecule has 0 saturated heterocycles. The third-order valence-corrected chi connectivity index (χ3v) is 4.80. The van der Waals surface area contributed by atoms with E-state index >= 15 is 0 Å². The standard InChI is InChI=1S/C24H16ClNO5/c1-28-22-10-15(9-18(13-26)16-3-2-4-19(25)11-16)5-7-21(22)31-24(27)17-6-8-20-23(12-17)30-14-29-20/h2-12H,14H2,1H3/b18-9-. The lowest BCUT2D eigenvalue weighted by atomic mass is 10.0. The van der Waals surface area contributed by atoms with Gasteiger partial charge in [0.2, 0.25) is 6.79 Å². The lowest BCUT2D eigenvalue weighted by molar-refractivity contribution is 0.0729. The Morgan fingerprint density at radius 3 is 2.65 bits per heavy atom. The summed E-state index contributed by atoms with van der Waals surface area (Å²) in [5.74, 6) is 1.12. The second-order valence-corrected chi connectivity index (χ2v) is 6.98. The molecule has 6 nitrogen and oxygen atoms in total. The van der Waals surface area contributed by atoms with E-state index in [1.165, 1.54) is 7.11 Å². The number of carbonyl (C=O) groups is 1. The van der Waals surface area contributed by atoms with Crippen molar-refractivity contribution in [1.29, 1.82) is 5.26 Å². The number of halogens is 1. The molecule has 1 aliphatic heterocycles. The van der Waals surface area contributed by atoms with Gasteiger partial charge in [0, 0.05) is 5.02 Å². The highest BCUT2D eigenvalue weighted by Gasteiger charge is 2.18. The van der Waals surface area contributed by atoms with Gasteiger partial charge >= 0.3 is 5.97 Å². The minimum atomic E-state index is -0.559. The summed E-state index contributed by atoms with van der Waals surface area (Å²) in [6, 6.07) is 19.1. The van der Waals surface area contributed by atoms with E-state index in [0.717, 1.165) is 0 Å². The summed E-state index contributed by atoms with van der Waals surface area (Å²) in [4.78, 5) is 12.6. The monoisotopic (exact) mass is 433 g/mol. The molecule has 3 aromatic carbocycles. The van der Waals surface area contributed by atoms with E-state index in [1.807, 2.05) is 0 Å². The Morgan fingerprint density at radius 1 is 1.03 bits per heavy atom. The number of benzene rings is 3. The summed E-state index contributed by atoms with van der Waals surface area (Å²) in [7, 11) is 1.48. The topological polar surface area (TPSA) is 77.8 Å². The van der Waals surface area contributed by atoms with Crippen LogP contribution < -0.4 is 18.9 Å². The van der Waals surface area contributed by atoms with Crippen LogP contribution in [0, 0.1) is 11.3 Å². The molecule has 0 bridgehead atoms. The molecule has 7 heteroatoms. The largest absolute Gasteiger partial charge is 0.493 e. The van der Waals surface area contributed by atoms with Gasteiger partial charge in [0.25, 0.3) is 0 Å². The Morgan fingerprint density at radius 2 is 1.87 bits per heavy atom. The van der Waals surface area contributed by atoms with Crippen LogP contribution in [0.5, 0.6) is 23.0 Å². The van der Waals surface area contributed by atoms with Crippen LogP contribution in [0.3, 0.4) is 0 Å². The van der Waals surface area contributed by atoms with Gasteiger partial charge in [-0.05, 0) is 59.7 Å². The van der Waals surface area contributed by atoms with Gasteiger partial charge in [-0.2, -0.15) is 5.26 Å². The molecule has 0 atom stereocenters. The summed E-state index contributed by atoms with van der Waals surface area (Å²) in [5.41, 5.74) is 2.17. The molecule has 154 valence electrons. The smallest absolute Gasteiger partial charge is 0.343 e. The molecule has 0 N–H and O–H groups in total. The molecule has 0 radical (unpaired) electrons. The van der Waals surface area contributed by atoms with E-state index in [1.54, 1.807) is 66.7 Å². The normalized spacial score (nSPS) is 12.2. The lowest BCUT2D eigenvalue weighted by Gasteiger charge is -2.10. The summed E-state index contributed by atoms with van der Waals surface area (Å²) in [6.45, 7) is 0.122. The van der Waals surface area contributed by atoms with Crippen LogP contribution in [-0.4, -0.2) is 19.9 Å². The van der Waals surface area contributed by atoms with Crippen molar-refractivity contribution in [3.05, 3.63) is 82.4 Å². The Kier molecular flexibility index (Phi) is 5.78. The molecule has 0 saturated carbocycles. The fraction of sp³-hybridized carbons (Fsp3) is 0.0833. The highest BCUT2D eigenvalue weighted by Crippen LogP contribution is 2.34. The lowest BCUT2D eigenvalue weighted by Crippen LogP contribution is -2.09. The fourth-order valence-corrected chi connectivity index (χ4v) is 3.23. The number of hydrogen-bond acceptors (Lipinski definition) is 6. The van der Waals surface area contributed by atoms with E-state index in [4.69, 9.17) is 30.5 Å². The van der Waals surface area contributed by atoms with Crippen molar-refractivity contribution < 1.29 is 23.7 Å². The number of fused-ring (bicyclic) bond motifs is 1. The molecule has 0 aliphatic carbocycles. The van der Waals surface area contributed by atoms with Crippen molar-refractivity contribution in [2.45, 2.75) is 0 Å². The van der Waals surface area contributed by atoms with E-state index in [0.29, 0.717) is 44.5 Å². The van der Waals surface area contributed by atoms with Crippen LogP contribution in [0.15, 0.2) is 60.7 Å². The second-order valence-electron chi connectivity index (χ2n) is 6.55. The molecule has 0 aromatic heterocycles. The summed E-state index contributed by atoms with van der Waals surface area (Å²) in [6.07, 6.45) is 1.71. The van der Waals surface area contributed by atoms with Crippen molar-refractivity contribution in [1.82, 2.24) is 0 Å². The highest BCUT2D eigenvalue weighted by atomic mass is 35.5. The van der Waals surface area contributed by atoms with Crippen LogP contribution in [0.25, 0.3) is 11.6 Å². The second kappa shape index (κ2) is 8.82. The minimum absolute atomic E-state index is 0.122.